The van der Waals surface area contributed by atoms with Gasteiger partial charge in [0.15, 0.2) is 0 Å². The molecule has 2 unspecified atom stereocenters. The molecule has 4 heteroatoms. The molecule has 2 atom stereocenters. The number of hydrogen-bond acceptors (Lipinski definition) is 4. The van der Waals surface area contributed by atoms with E-state index in [0.717, 1.165) is 0 Å². The number of ether oxygens (including phenoxy) is 1. The molecule has 4 nitrogen and oxygen atoms in total. The number of aliphatic hydroxyl groups excluding tert-OH is 1. The van der Waals surface area contributed by atoms with Crippen molar-refractivity contribution in [3.05, 3.63) is 0 Å². The second-order valence-corrected chi connectivity index (χ2v) is 1.81. The molecule has 0 rings (SSSR count). The van der Waals surface area contributed by atoms with Crippen molar-refractivity contribution >= 4 is 5.97 Å². The fourth-order valence-corrected chi connectivity index (χ4v) is 0.331. The molecule has 0 bridgehead atoms. The van der Waals surface area contributed by atoms with E-state index in [1.165, 1.54) is 13.8 Å². The van der Waals surface area contributed by atoms with Crippen molar-refractivity contribution < 1.29 is 14.6 Å². The van der Waals surface area contributed by atoms with Crippen LogP contribution in [0.5, 0.6) is 0 Å². The molecule has 0 aromatic carbocycles. The standard InChI is InChI=1S/C5H11NO3/c1-3(5(6)8)9-4(2)7/h3,5,8H,6H2,1-2H3. The highest BCUT2D eigenvalue weighted by atomic mass is 16.6. The highest BCUT2D eigenvalue weighted by Gasteiger charge is 2.10. The van der Waals surface area contributed by atoms with E-state index in [2.05, 4.69) is 4.74 Å². The zero-order valence-corrected chi connectivity index (χ0v) is 5.50. The Balaban J connectivity index is 3.50. The highest BCUT2D eigenvalue weighted by Crippen LogP contribution is 1.92. The van der Waals surface area contributed by atoms with Gasteiger partial charge in [-0.1, -0.05) is 0 Å². The first kappa shape index (κ1) is 8.39. The first-order chi connectivity index (χ1) is 4.04. The van der Waals surface area contributed by atoms with Gasteiger partial charge in [0.25, 0.3) is 0 Å². The number of carbonyl (C=O) groups is 1. The van der Waals surface area contributed by atoms with Crippen LogP contribution in [0, 0.1) is 0 Å². The van der Waals surface area contributed by atoms with E-state index in [1.54, 1.807) is 0 Å². The van der Waals surface area contributed by atoms with Gasteiger partial charge >= 0.3 is 5.97 Å². The summed E-state index contributed by atoms with van der Waals surface area (Å²) in [5.74, 6) is -0.438. The van der Waals surface area contributed by atoms with Crippen LogP contribution in [0.15, 0.2) is 0 Å². The third kappa shape index (κ3) is 3.93. The first-order valence-corrected chi connectivity index (χ1v) is 2.65. The lowest BCUT2D eigenvalue weighted by atomic mass is 10.4. The minimum atomic E-state index is -1.09. The molecule has 0 saturated carbocycles. The molecule has 0 saturated heterocycles. The van der Waals surface area contributed by atoms with E-state index in [0.29, 0.717) is 0 Å². The quantitative estimate of drug-likeness (QED) is 0.382. The first-order valence-electron chi connectivity index (χ1n) is 2.65. The summed E-state index contributed by atoms with van der Waals surface area (Å²) in [4.78, 5) is 10.2. The Labute approximate surface area is 53.6 Å². The van der Waals surface area contributed by atoms with Crippen LogP contribution in [0.4, 0.5) is 0 Å². The maximum Gasteiger partial charge on any atom is 0.303 e. The Hall–Kier alpha value is -0.610. The maximum atomic E-state index is 10.2. The molecule has 0 amide bonds. The summed E-state index contributed by atoms with van der Waals surface area (Å²) in [6.45, 7) is 2.78. The van der Waals surface area contributed by atoms with Crippen LogP contribution in [0.25, 0.3) is 0 Å². The van der Waals surface area contributed by atoms with Crippen LogP contribution in [0.3, 0.4) is 0 Å². The molecule has 54 valence electrons. The van der Waals surface area contributed by atoms with Gasteiger partial charge in [0.05, 0.1) is 0 Å². The van der Waals surface area contributed by atoms with Gasteiger partial charge in [-0.25, -0.2) is 0 Å². The molecule has 9 heavy (non-hydrogen) atoms. The normalized spacial score (nSPS) is 16.4. The van der Waals surface area contributed by atoms with E-state index < -0.39 is 18.3 Å². The van der Waals surface area contributed by atoms with Crippen molar-refractivity contribution in [3.63, 3.8) is 0 Å². The molecule has 0 aliphatic rings. The molecule has 0 aliphatic heterocycles. The molecule has 0 aromatic heterocycles. The summed E-state index contributed by atoms with van der Waals surface area (Å²) in [7, 11) is 0. The van der Waals surface area contributed by atoms with E-state index >= 15 is 0 Å². The Bertz CT molecular complexity index is 102. The third-order valence-corrected chi connectivity index (χ3v) is 0.833. The third-order valence-electron chi connectivity index (χ3n) is 0.833. The maximum absolute atomic E-state index is 10.2. The number of esters is 1. The van der Waals surface area contributed by atoms with Gasteiger partial charge in [0.2, 0.25) is 0 Å². The van der Waals surface area contributed by atoms with E-state index in [9.17, 15) is 4.79 Å². The van der Waals surface area contributed by atoms with Crippen molar-refractivity contribution in [2.24, 2.45) is 5.73 Å². The fourth-order valence-electron chi connectivity index (χ4n) is 0.331. The van der Waals surface area contributed by atoms with Gasteiger partial charge in [-0.3, -0.25) is 4.79 Å². The lowest BCUT2D eigenvalue weighted by Gasteiger charge is -2.13. The van der Waals surface area contributed by atoms with E-state index in [4.69, 9.17) is 10.8 Å². The van der Waals surface area contributed by atoms with E-state index in [-0.39, 0.29) is 0 Å². The average molecular weight is 133 g/mol. The van der Waals surface area contributed by atoms with Crippen molar-refractivity contribution in [2.75, 3.05) is 0 Å². The summed E-state index contributed by atoms with van der Waals surface area (Å²) in [6, 6.07) is 0. The topological polar surface area (TPSA) is 72.5 Å². The number of aliphatic hydroxyl groups is 1. The predicted octanol–water partition coefficient (Wildman–Crippen LogP) is -0.785. The second-order valence-electron chi connectivity index (χ2n) is 1.81. The molecular weight excluding hydrogens is 122 g/mol. The predicted molar refractivity (Wildman–Crippen MR) is 31.4 cm³/mol. The number of carbonyl (C=O) groups excluding carboxylic acids is 1. The summed E-state index contributed by atoms with van der Waals surface area (Å²) in [5, 5.41) is 8.57. The smallest absolute Gasteiger partial charge is 0.303 e. The molecular formula is C5H11NO3. The van der Waals surface area contributed by atoms with Gasteiger partial charge in [0.1, 0.15) is 12.3 Å². The monoisotopic (exact) mass is 133 g/mol. The Kier molecular flexibility index (Phi) is 3.19. The van der Waals surface area contributed by atoms with Gasteiger partial charge in [-0.2, -0.15) is 0 Å². The van der Waals surface area contributed by atoms with Gasteiger partial charge < -0.3 is 15.6 Å². The second kappa shape index (κ2) is 3.42. The molecule has 0 aromatic rings. The summed E-state index contributed by atoms with van der Waals surface area (Å²) < 4.78 is 4.50. The number of rotatable bonds is 2. The highest BCUT2D eigenvalue weighted by molar-refractivity contribution is 5.66. The Morgan fingerprint density at radius 3 is 2.33 bits per heavy atom. The lowest BCUT2D eigenvalue weighted by molar-refractivity contribution is -0.150. The summed E-state index contributed by atoms with van der Waals surface area (Å²) in [5.41, 5.74) is 4.96. The van der Waals surface area contributed by atoms with Gasteiger partial charge in [-0.15, -0.1) is 0 Å². The minimum Gasteiger partial charge on any atom is -0.459 e. The molecule has 0 fully saturated rings. The van der Waals surface area contributed by atoms with Crippen LogP contribution in [0.2, 0.25) is 0 Å². The fraction of sp³-hybridized carbons (Fsp3) is 0.800. The van der Waals surface area contributed by atoms with Crippen molar-refractivity contribution in [3.8, 4) is 0 Å². The molecule has 3 N–H and O–H groups in total. The van der Waals surface area contributed by atoms with Crippen molar-refractivity contribution in [1.82, 2.24) is 0 Å². The number of nitrogens with two attached hydrogens (primary N) is 1. The van der Waals surface area contributed by atoms with E-state index in [1.807, 2.05) is 0 Å². The molecule has 0 spiro atoms. The zero-order chi connectivity index (χ0) is 7.44. The minimum absolute atomic E-state index is 0.438. The summed E-state index contributed by atoms with van der Waals surface area (Å²) in [6.07, 6.45) is -1.71. The lowest BCUT2D eigenvalue weighted by Crippen LogP contribution is -2.35. The van der Waals surface area contributed by atoms with Gasteiger partial charge in [-0.05, 0) is 6.92 Å². The zero-order valence-electron chi connectivity index (χ0n) is 5.50. The van der Waals surface area contributed by atoms with Crippen LogP contribution in [-0.4, -0.2) is 23.4 Å². The van der Waals surface area contributed by atoms with Crippen LogP contribution < -0.4 is 5.73 Å². The Morgan fingerprint density at radius 1 is 1.78 bits per heavy atom. The molecule has 0 aliphatic carbocycles. The largest absolute Gasteiger partial charge is 0.459 e. The van der Waals surface area contributed by atoms with Crippen molar-refractivity contribution in [1.29, 1.82) is 0 Å². The van der Waals surface area contributed by atoms with Crippen molar-refractivity contribution in [2.45, 2.75) is 26.2 Å². The number of hydrogen-bond donors (Lipinski definition) is 2. The van der Waals surface area contributed by atoms with Crippen LogP contribution in [-0.2, 0) is 9.53 Å². The summed E-state index contributed by atoms with van der Waals surface area (Å²) >= 11 is 0. The SMILES string of the molecule is CC(=O)OC(C)C(N)O. The van der Waals surface area contributed by atoms with Gasteiger partial charge in [0, 0.05) is 6.92 Å². The molecule has 0 heterocycles. The average Bonchev–Trinajstić information content (AvgIpc) is 1.63. The van der Waals surface area contributed by atoms with Crippen LogP contribution in [0.1, 0.15) is 13.8 Å². The Morgan fingerprint density at radius 2 is 2.22 bits per heavy atom. The molecule has 0 radical (unpaired) electrons. The van der Waals surface area contributed by atoms with Crippen LogP contribution >= 0.6 is 0 Å².